The lowest BCUT2D eigenvalue weighted by molar-refractivity contribution is 0.586. The SMILES string of the molecule is CCCCCCCCCc1cccc(CCCCCCCCC)c1C. The van der Waals surface area contributed by atoms with Crippen molar-refractivity contribution in [2.24, 2.45) is 0 Å². The zero-order valence-electron chi connectivity index (χ0n) is 17.5. The predicted octanol–water partition coefficient (Wildman–Crippen LogP) is 8.58. The highest BCUT2D eigenvalue weighted by Crippen LogP contribution is 2.20. The van der Waals surface area contributed by atoms with E-state index in [4.69, 9.17) is 0 Å². The second kappa shape index (κ2) is 15.5. The largest absolute Gasteiger partial charge is 0.0654 e. The molecule has 0 nitrogen and oxygen atoms in total. The number of unbranched alkanes of at least 4 members (excludes halogenated alkanes) is 12. The van der Waals surface area contributed by atoms with E-state index in [0.717, 1.165) is 0 Å². The molecule has 0 N–H and O–H groups in total. The number of aryl methyl sites for hydroxylation is 2. The molecule has 1 aromatic rings. The molecule has 1 rings (SSSR count). The van der Waals surface area contributed by atoms with Gasteiger partial charge in [-0.2, -0.15) is 0 Å². The molecule has 0 amide bonds. The van der Waals surface area contributed by atoms with Crippen molar-refractivity contribution in [2.45, 2.75) is 124 Å². The van der Waals surface area contributed by atoms with Crippen LogP contribution in [0.4, 0.5) is 0 Å². The Morgan fingerprint density at radius 2 is 0.880 bits per heavy atom. The number of benzene rings is 1. The van der Waals surface area contributed by atoms with Crippen LogP contribution in [-0.2, 0) is 12.8 Å². The minimum absolute atomic E-state index is 1.28. The van der Waals surface area contributed by atoms with Gasteiger partial charge >= 0.3 is 0 Å². The third-order valence-electron chi connectivity index (χ3n) is 5.66. The van der Waals surface area contributed by atoms with E-state index in [1.165, 1.54) is 103 Å². The van der Waals surface area contributed by atoms with E-state index in [9.17, 15) is 0 Å². The standard InChI is InChI=1S/C25H44/c1-4-6-8-10-12-14-16-19-24-21-18-22-25(23(24)3)20-17-15-13-11-9-7-5-2/h18,21-22H,4-17,19-20H2,1-3H3. The molecule has 0 saturated carbocycles. The Labute approximate surface area is 158 Å². The van der Waals surface area contributed by atoms with Gasteiger partial charge in [-0.1, -0.05) is 109 Å². The summed E-state index contributed by atoms with van der Waals surface area (Å²) in [6.45, 7) is 6.94. The average molecular weight is 345 g/mol. The lowest BCUT2D eigenvalue weighted by Crippen LogP contribution is -1.97. The molecule has 0 atom stereocenters. The van der Waals surface area contributed by atoms with Crippen molar-refractivity contribution in [3.8, 4) is 0 Å². The van der Waals surface area contributed by atoms with Crippen LogP contribution in [0.15, 0.2) is 18.2 Å². The van der Waals surface area contributed by atoms with E-state index in [0.29, 0.717) is 0 Å². The van der Waals surface area contributed by atoms with Gasteiger partial charge in [0.05, 0.1) is 0 Å². The fourth-order valence-electron chi connectivity index (χ4n) is 3.82. The molecule has 0 heterocycles. The van der Waals surface area contributed by atoms with Gasteiger partial charge in [0.2, 0.25) is 0 Å². The summed E-state index contributed by atoms with van der Waals surface area (Å²) >= 11 is 0. The molecule has 0 aliphatic heterocycles. The lowest BCUT2D eigenvalue weighted by Gasteiger charge is -2.11. The van der Waals surface area contributed by atoms with E-state index >= 15 is 0 Å². The maximum atomic E-state index is 2.36. The van der Waals surface area contributed by atoms with E-state index in [2.05, 4.69) is 39.0 Å². The molecule has 0 bridgehead atoms. The molecule has 144 valence electrons. The lowest BCUT2D eigenvalue weighted by atomic mass is 9.94. The quantitative estimate of drug-likeness (QED) is 0.263. The topological polar surface area (TPSA) is 0 Å². The molecule has 0 saturated heterocycles. The van der Waals surface area contributed by atoms with Crippen LogP contribution in [0.2, 0.25) is 0 Å². The van der Waals surface area contributed by atoms with Gasteiger partial charge in [-0.3, -0.25) is 0 Å². The van der Waals surface area contributed by atoms with Crippen LogP contribution in [-0.4, -0.2) is 0 Å². The third kappa shape index (κ3) is 10.7. The van der Waals surface area contributed by atoms with Crippen LogP contribution in [0.1, 0.15) is 120 Å². The minimum atomic E-state index is 1.28. The molecule has 0 fully saturated rings. The zero-order valence-corrected chi connectivity index (χ0v) is 17.5. The first kappa shape index (κ1) is 22.3. The Kier molecular flexibility index (Phi) is 13.8. The van der Waals surface area contributed by atoms with Crippen molar-refractivity contribution in [1.82, 2.24) is 0 Å². The van der Waals surface area contributed by atoms with Gasteiger partial charge < -0.3 is 0 Å². The fourth-order valence-corrected chi connectivity index (χ4v) is 3.82. The summed E-state index contributed by atoms with van der Waals surface area (Å²) in [7, 11) is 0. The Morgan fingerprint density at radius 1 is 0.520 bits per heavy atom. The van der Waals surface area contributed by atoms with Gasteiger partial charge in [0.1, 0.15) is 0 Å². The highest BCUT2D eigenvalue weighted by Gasteiger charge is 2.04. The molecule has 0 unspecified atom stereocenters. The maximum absolute atomic E-state index is 2.36. The summed E-state index contributed by atoms with van der Waals surface area (Å²) in [5, 5.41) is 0. The van der Waals surface area contributed by atoms with Crippen molar-refractivity contribution >= 4 is 0 Å². The summed E-state index contributed by atoms with van der Waals surface area (Å²) < 4.78 is 0. The van der Waals surface area contributed by atoms with Gasteiger partial charge in [-0.05, 0) is 49.3 Å². The van der Waals surface area contributed by atoms with E-state index in [1.54, 1.807) is 16.7 Å². The zero-order chi connectivity index (χ0) is 18.2. The molecule has 0 aliphatic rings. The van der Waals surface area contributed by atoms with Gasteiger partial charge in [0.25, 0.3) is 0 Å². The molecule has 0 radical (unpaired) electrons. The van der Waals surface area contributed by atoms with Crippen molar-refractivity contribution in [3.05, 3.63) is 34.9 Å². The van der Waals surface area contributed by atoms with Gasteiger partial charge in [-0.25, -0.2) is 0 Å². The Morgan fingerprint density at radius 3 is 1.28 bits per heavy atom. The summed E-state index contributed by atoms with van der Waals surface area (Å²) in [6.07, 6.45) is 22.2. The minimum Gasteiger partial charge on any atom is -0.0654 e. The summed E-state index contributed by atoms with van der Waals surface area (Å²) in [6, 6.07) is 7.02. The van der Waals surface area contributed by atoms with E-state index in [1.807, 2.05) is 0 Å². The molecular weight excluding hydrogens is 300 g/mol. The second-order valence-corrected chi connectivity index (χ2v) is 7.94. The first-order chi connectivity index (χ1) is 12.3. The highest BCUT2D eigenvalue weighted by atomic mass is 14.1. The summed E-state index contributed by atoms with van der Waals surface area (Å²) in [4.78, 5) is 0. The maximum Gasteiger partial charge on any atom is -0.0276 e. The Balaban J connectivity index is 2.21. The van der Waals surface area contributed by atoms with Gasteiger partial charge in [0.15, 0.2) is 0 Å². The molecule has 0 aliphatic carbocycles. The average Bonchev–Trinajstić information content (AvgIpc) is 2.62. The van der Waals surface area contributed by atoms with E-state index < -0.39 is 0 Å². The van der Waals surface area contributed by atoms with Crippen LogP contribution in [0.5, 0.6) is 0 Å². The number of hydrogen-bond donors (Lipinski definition) is 0. The first-order valence-corrected chi connectivity index (χ1v) is 11.4. The number of hydrogen-bond acceptors (Lipinski definition) is 0. The molecule has 25 heavy (non-hydrogen) atoms. The van der Waals surface area contributed by atoms with Crippen molar-refractivity contribution in [2.75, 3.05) is 0 Å². The number of rotatable bonds is 16. The molecule has 0 heteroatoms. The van der Waals surface area contributed by atoms with Crippen LogP contribution in [0.25, 0.3) is 0 Å². The van der Waals surface area contributed by atoms with Crippen LogP contribution >= 0.6 is 0 Å². The van der Waals surface area contributed by atoms with Crippen LogP contribution < -0.4 is 0 Å². The van der Waals surface area contributed by atoms with Gasteiger partial charge in [0, 0.05) is 0 Å². The van der Waals surface area contributed by atoms with E-state index in [-0.39, 0.29) is 0 Å². The normalized spacial score (nSPS) is 11.2. The monoisotopic (exact) mass is 344 g/mol. The highest BCUT2D eigenvalue weighted by molar-refractivity contribution is 5.34. The molecule has 1 aromatic carbocycles. The van der Waals surface area contributed by atoms with Gasteiger partial charge in [-0.15, -0.1) is 0 Å². The Bertz CT molecular complexity index is 382. The van der Waals surface area contributed by atoms with Crippen molar-refractivity contribution in [1.29, 1.82) is 0 Å². The summed E-state index contributed by atoms with van der Waals surface area (Å²) in [5.41, 5.74) is 4.79. The van der Waals surface area contributed by atoms with Crippen LogP contribution in [0, 0.1) is 6.92 Å². The Hall–Kier alpha value is -0.780. The second-order valence-electron chi connectivity index (χ2n) is 7.94. The van der Waals surface area contributed by atoms with Crippen molar-refractivity contribution < 1.29 is 0 Å². The van der Waals surface area contributed by atoms with Crippen molar-refractivity contribution in [3.63, 3.8) is 0 Å². The predicted molar refractivity (Wildman–Crippen MR) is 115 cm³/mol. The fraction of sp³-hybridized carbons (Fsp3) is 0.760. The molecule has 0 aromatic heterocycles. The van der Waals surface area contributed by atoms with Crippen LogP contribution in [0.3, 0.4) is 0 Å². The smallest absolute Gasteiger partial charge is 0.0276 e. The third-order valence-corrected chi connectivity index (χ3v) is 5.66. The first-order valence-electron chi connectivity index (χ1n) is 11.4. The summed E-state index contributed by atoms with van der Waals surface area (Å²) in [5.74, 6) is 0. The molecular formula is C25H44. The molecule has 0 spiro atoms.